The van der Waals surface area contributed by atoms with Crippen molar-refractivity contribution in [1.29, 1.82) is 0 Å². The Morgan fingerprint density at radius 2 is 1.75 bits per heavy atom. The van der Waals surface area contributed by atoms with Gasteiger partial charge in [0.15, 0.2) is 0 Å². The van der Waals surface area contributed by atoms with Crippen LogP contribution in [0.3, 0.4) is 0 Å². The molecule has 0 amide bonds. The van der Waals surface area contributed by atoms with Crippen LogP contribution in [0.1, 0.15) is 5.69 Å². The molecule has 0 spiro atoms. The highest BCUT2D eigenvalue weighted by Crippen LogP contribution is 2.34. The van der Waals surface area contributed by atoms with E-state index in [1.165, 1.54) is 4.52 Å². The average molecular weight is 417 g/mol. The van der Waals surface area contributed by atoms with Crippen LogP contribution in [0, 0.1) is 6.92 Å². The molecular formula is C26H19N5O. The lowest BCUT2D eigenvalue weighted by molar-refractivity contribution is 0.897. The van der Waals surface area contributed by atoms with Crippen LogP contribution in [0.15, 0.2) is 90.1 Å². The summed E-state index contributed by atoms with van der Waals surface area (Å²) in [7, 11) is 0. The number of aromatic nitrogens is 5. The second-order valence-corrected chi connectivity index (χ2v) is 7.79. The number of pyridine rings is 1. The third kappa shape index (κ3) is 2.77. The molecule has 0 aliphatic heterocycles. The Morgan fingerprint density at radius 3 is 2.56 bits per heavy atom. The first kappa shape index (κ1) is 18.3. The number of fused-ring (bicyclic) bond motifs is 2. The highest BCUT2D eigenvalue weighted by molar-refractivity contribution is 5.91. The summed E-state index contributed by atoms with van der Waals surface area (Å²) in [5, 5.41) is 5.75. The van der Waals surface area contributed by atoms with Crippen LogP contribution in [0.5, 0.6) is 0 Å². The maximum Gasteiger partial charge on any atom is 0.282 e. The first-order chi connectivity index (χ1) is 15.7. The number of nitrogens with zero attached hydrogens (tertiary/aromatic N) is 3. The van der Waals surface area contributed by atoms with Gasteiger partial charge in [0.2, 0.25) is 0 Å². The van der Waals surface area contributed by atoms with Gasteiger partial charge >= 0.3 is 0 Å². The van der Waals surface area contributed by atoms with Crippen LogP contribution < -0.4 is 5.56 Å². The van der Waals surface area contributed by atoms with E-state index < -0.39 is 0 Å². The van der Waals surface area contributed by atoms with Crippen molar-refractivity contribution in [2.75, 3.05) is 0 Å². The first-order valence-corrected chi connectivity index (χ1v) is 10.4. The maximum absolute atomic E-state index is 13.7. The predicted molar refractivity (Wildman–Crippen MR) is 127 cm³/mol. The van der Waals surface area contributed by atoms with Crippen molar-refractivity contribution < 1.29 is 0 Å². The van der Waals surface area contributed by atoms with E-state index in [9.17, 15) is 4.79 Å². The number of H-pyrrole nitrogens is 2. The molecule has 0 radical (unpaired) electrons. The molecule has 6 heteroatoms. The molecule has 2 N–H and O–H groups in total. The van der Waals surface area contributed by atoms with E-state index >= 15 is 0 Å². The summed E-state index contributed by atoms with van der Waals surface area (Å²) < 4.78 is 1.49. The molecule has 0 atom stereocenters. The van der Waals surface area contributed by atoms with Crippen molar-refractivity contribution in [1.82, 2.24) is 24.6 Å². The Kier molecular flexibility index (Phi) is 4.04. The Labute approximate surface area is 183 Å². The van der Waals surface area contributed by atoms with Crippen molar-refractivity contribution in [2.45, 2.75) is 6.92 Å². The van der Waals surface area contributed by atoms with Gasteiger partial charge in [0, 0.05) is 35.2 Å². The highest BCUT2D eigenvalue weighted by Gasteiger charge is 2.21. The topological polar surface area (TPSA) is 78.8 Å². The Balaban J connectivity index is 1.66. The molecule has 4 heterocycles. The van der Waals surface area contributed by atoms with Gasteiger partial charge in [-0.05, 0) is 42.3 Å². The van der Waals surface area contributed by atoms with Gasteiger partial charge in [0.1, 0.15) is 11.3 Å². The third-order valence-corrected chi connectivity index (χ3v) is 5.80. The Bertz CT molecular complexity index is 1640. The van der Waals surface area contributed by atoms with Gasteiger partial charge in [0.25, 0.3) is 5.56 Å². The van der Waals surface area contributed by atoms with E-state index in [0.717, 1.165) is 44.5 Å². The lowest BCUT2D eigenvalue weighted by Crippen LogP contribution is -2.19. The minimum Gasteiger partial charge on any atom is -0.367 e. The fourth-order valence-corrected chi connectivity index (χ4v) is 4.31. The number of hydrogen-bond donors (Lipinski definition) is 2. The van der Waals surface area contributed by atoms with Crippen molar-refractivity contribution in [3.8, 4) is 33.5 Å². The highest BCUT2D eigenvalue weighted by atomic mass is 16.1. The van der Waals surface area contributed by atoms with Crippen molar-refractivity contribution >= 4 is 16.6 Å². The SMILES string of the molecule is Cc1[nH]c2c(-c3ccccc3)c(-c3cc[nH]c3)nn2c(=O)c1-c1ccc2ncccc2c1. The summed E-state index contributed by atoms with van der Waals surface area (Å²) in [6.45, 7) is 1.93. The minimum absolute atomic E-state index is 0.154. The molecule has 0 saturated carbocycles. The second-order valence-electron chi connectivity index (χ2n) is 7.79. The lowest BCUT2D eigenvalue weighted by Gasteiger charge is -2.09. The summed E-state index contributed by atoms with van der Waals surface area (Å²) in [6, 6.07) is 21.8. The number of hydrogen-bond acceptors (Lipinski definition) is 3. The first-order valence-electron chi connectivity index (χ1n) is 10.4. The third-order valence-electron chi connectivity index (χ3n) is 5.80. The molecule has 0 aliphatic rings. The van der Waals surface area contributed by atoms with Crippen molar-refractivity contribution in [3.63, 3.8) is 0 Å². The molecule has 32 heavy (non-hydrogen) atoms. The summed E-state index contributed by atoms with van der Waals surface area (Å²) in [5.74, 6) is 0. The van der Waals surface area contributed by atoms with Gasteiger partial charge in [-0.1, -0.05) is 42.5 Å². The van der Waals surface area contributed by atoms with E-state index in [1.807, 2.05) is 86.0 Å². The second kappa shape index (κ2) is 7.06. The zero-order chi connectivity index (χ0) is 21.7. The molecule has 0 bridgehead atoms. The van der Waals surface area contributed by atoms with Crippen LogP contribution in [-0.4, -0.2) is 24.6 Å². The molecule has 0 fully saturated rings. The number of nitrogens with one attached hydrogen (secondary N) is 2. The summed E-state index contributed by atoms with van der Waals surface area (Å²) in [5.41, 5.74) is 7.24. The average Bonchev–Trinajstić information content (AvgIpc) is 3.48. The fourth-order valence-electron chi connectivity index (χ4n) is 4.31. The fraction of sp³-hybridized carbons (Fsp3) is 0.0385. The van der Waals surface area contributed by atoms with Crippen LogP contribution in [-0.2, 0) is 0 Å². The van der Waals surface area contributed by atoms with Gasteiger partial charge in [-0.25, -0.2) is 0 Å². The van der Waals surface area contributed by atoms with E-state index in [-0.39, 0.29) is 5.56 Å². The molecule has 0 aliphatic carbocycles. The molecule has 6 nitrogen and oxygen atoms in total. The van der Waals surface area contributed by atoms with E-state index in [1.54, 1.807) is 6.20 Å². The molecular weight excluding hydrogens is 398 g/mol. The summed E-state index contributed by atoms with van der Waals surface area (Å²) in [6.07, 6.45) is 5.52. The molecule has 4 aromatic heterocycles. The summed E-state index contributed by atoms with van der Waals surface area (Å²) >= 11 is 0. The largest absolute Gasteiger partial charge is 0.367 e. The lowest BCUT2D eigenvalue weighted by atomic mass is 10.0. The van der Waals surface area contributed by atoms with Gasteiger partial charge in [-0.3, -0.25) is 9.78 Å². The smallest absolute Gasteiger partial charge is 0.282 e. The van der Waals surface area contributed by atoms with Crippen LogP contribution >= 0.6 is 0 Å². The normalized spacial score (nSPS) is 11.4. The van der Waals surface area contributed by atoms with Crippen molar-refractivity contribution in [2.24, 2.45) is 0 Å². The van der Waals surface area contributed by atoms with Gasteiger partial charge in [-0.2, -0.15) is 9.61 Å². The molecule has 0 unspecified atom stereocenters. The zero-order valence-corrected chi connectivity index (χ0v) is 17.3. The molecule has 6 aromatic rings. The van der Waals surface area contributed by atoms with Crippen LogP contribution in [0.25, 0.3) is 50.1 Å². The molecule has 154 valence electrons. The Hall–Kier alpha value is -4.45. The zero-order valence-electron chi connectivity index (χ0n) is 17.3. The van der Waals surface area contributed by atoms with E-state index in [0.29, 0.717) is 11.2 Å². The minimum atomic E-state index is -0.154. The number of rotatable bonds is 3. The molecule has 0 saturated heterocycles. The van der Waals surface area contributed by atoms with Gasteiger partial charge in [-0.15, -0.1) is 0 Å². The quantitative estimate of drug-likeness (QED) is 0.415. The van der Waals surface area contributed by atoms with Crippen LogP contribution in [0.2, 0.25) is 0 Å². The van der Waals surface area contributed by atoms with Crippen LogP contribution in [0.4, 0.5) is 0 Å². The van der Waals surface area contributed by atoms with E-state index in [4.69, 9.17) is 5.10 Å². The molecule has 6 rings (SSSR count). The Morgan fingerprint density at radius 1 is 0.875 bits per heavy atom. The standard InChI is InChI=1S/C26H19N5O/c1-16-22(19-9-10-21-18(14-19)8-5-12-28-21)26(32)31-25(29-16)23(17-6-3-2-4-7-17)24(30-31)20-11-13-27-15-20/h2-15,27,29H,1H3. The number of aryl methyl sites for hydroxylation is 1. The maximum atomic E-state index is 13.7. The van der Waals surface area contributed by atoms with Gasteiger partial charge in [0.05, 0.1) is 16.6 Å². The van der Waals surface area contributed by atoms with Crippen molar-refractivity contribution in [3.05, 3.63) is 101 Å². The number of benzene rings is 2. The van der Waals surface area contributed by atoms with Gasteiger partial charge < -0.3 is 9.97 Å². The summed E-state index contributed by atoms with van der Waals surface area (Å²) in [4.78, 5) is 24.6. The molecule has 2 aromatic carbocycles. The number of aromatic amines is 2. The van der Waals surface area contributed by atoms with E-state index in [2.05, 4.69) is 15.0 Å². The predicted octanol–water partition coefficient (Wildman–Crippen LogP) is 5.21. The monoisotopic (exact) mass is 417 g/mol.